The number of rotatable bonds is 2. The molecule has 1 N–H and O–H groups in total. The van der Waals surface area contributed by atoms with Gasteiger partial charge in [-0.2, -0.15) is 0 Å². The minimum atomic E-state index is 0.490. The Balaban J connectivity index is 1.63. The molecule has 3 nitrogen and oxygen atoms in total. The molecule has 0 aromatic heterocycles. The highest BCUT2D eigenvalue weighted by Gasteiger charge is 2.40. The number of methoxy groups -OCH3 is 1. The van der Waals surface area contributed by atoms with Gasteiger partial charge in [0.15, 0.2) is 0 Å². The summed E-state index contributed by atoms with van der Waals surface area (Å²) in [6, 6.07) is 1.46. The highest BCUT2D eigenvalue weighted by atomic mass is 16.5. The second-order valence-electron chi connectivity index (χ2n) is 6.04. The molecule has 3 fully saturated rings. The Morgan fingerprint density at radius 3 is 2.76 bits per heavy atom. The lowest BCUT2D eigenvalue weighted by Crippen LogP contribution is -2.46. The first-order valence-corrected chi connectivity index (χ1v) is 7.38. The molecule has 3 rings (SSSR count). The third kappa shape index (κ3) is 2.38. The van der Waals surface area contributed by atoms with Crippen LogP contribution in [-0.4, -0.2) is 49.8 Å². The molecule has 17 heavy (non-hydrogen) atoms. The molecule has 98 valence electrons. The number of hydrogen-bond acceptors (Lipinski definition) is 3. The zero-order chi connectivity index (χ0) is 11.7. The van der Waals surface area contributed by atoms with E-state index in [0.717, 1.165) is 12.0 Å². The van der Waals surface area contributed by atoms with Crippen LogP contribution in [0.5, 0.6) is 0 Å². The van der Waals surface area contributed by atoms with E-state index in [1.807, 2.05) is 7.11 Å². The molecule has 1 aliphatic carbocycles. The summed E-state index contributed by atoms with van der Waals surface area (Å²) < 4.78 is 5.71. The first-order valence-electron chi connectivity index (χ1n) is 7.38. The molecule has 0 bridgehead atoms. The number of fused-ring (bicyclic) bond motifs is 1. The maximum Gasteiger partial charge on any atom is 0.0726 e. The average Bonchev–Trinajstić information content (AvgIpc) is 2.82. The van der Waals surface area contributed by atoms with Crippen molar-refractivity contribution in [2.75, 3.05) is 26.7 Å². The Bertz CT molecular complexity index is 245. The Hall–Kier alpha value is -0.120. The second kappa shape index (κ2) is 5.25. The van der Waals surface area contributed by atoms with Crippen molar-refractivity contribution < 1.29 is 4.74 Å². The van der Waals surface area contributed by atoms with Gasteiger partial charge in [-0.25, -0.2) is 0 Å². The largest absolute Gasteiger partial charge is 0.380 e. The van der Waals surface area contributed by atoms with E-state index in [0.29, 0.717) is 12.1 Å². The molecular formula is C14H26N2O. The summed E-state index contributed by atoms with van der Waals surface area (Å²) in [7, 11) is 1.89. The van der Waals surface area contributed by atoms with Crippen molar-refractivity contribution in [3.8, 4) is 0 Å². The van der Waals surface area contributed by atoms with E-state index in [1.54, 1.807) is 0 Å². The van der Waals surface area contributed by atoms with Gasteiger partial charge in [0, 0.05) is 32.3 Å². The van der Waals surface area contributed by atoms with Crippen molar-refractivity contribution in [3.05, 3.63) is 0 Å². The van der Waals surface area contributed by atoms with Gasteiger partial charge in [0.2, 0.25) is 0 Å². The van der Waals surface area contributed by atoms with Gasteiger partial charge in [-0.1, -0.05) is 12.8 Å². The molecule has 3 aliphatic rings. The molecular weight excluding hydrogens is 212 g/mol. The molecule has 3 heteroatoms. The van der Waals surface area contributed by atoms with Gasteiger partial charge < -0.3 is 10.1 Å². The number of nitrogens with zero attached hydrogens (tertiary/aromatic N) is 1. The van der Waals surface area contributed by atoms with Crippen LogP contribution >= 0.6 is 0 Å². The highest BCUT2D eigenvalue weighted by Crippen LogP contribution is 2.32. The van der Waals surface area contributed by atoms with Crippen molar-refractivity contribution in [1.82, 2.24) is 10.2 Å². The van der Waals surface area contributed by atoms with E-state index in [1.165, 1.54) is 58.2 Å². The van der Waals surface area contributed by atoms with Crippen LogP contribution in [0.1, 0.15) is 38.5 Å². The lowest BCUT2D eigenvalue weighted by Gasteiger charge is -2.37. The summed E-state index contributed by atoms with van der Waals surface area (Å²) in [6.07, 6.45) is 8.64. The lowest BCUT2D eigenvalue weighted by atomic mass is 9.91. The van der Waals surface area contributed by atoms with E-state index < -0.39 is 0 Å². The molecule has 2 heterocycles. The fourth-order valence-electron chi connectivity index (χ4n) is 4.12. The van der Waals surface area contributed by atoms with E-state index >= 15 is 0 Å². The number of nitrogens with one attached hydrogen (secondary N) is 1. The molecule has 1 saturated carbocycles. The molecule has 4 atom stereocenters. The Morgan fingerprint density at radius 1 is 1.06 bits per heavy atom. The minimum absolute atomic E-state index is 0.490. The molecule has 0 spiro atoms. The Labute approximate surface area is 105 Å². The fraction of sp³-hybridized carbons (Fsp3) is 1.00. The number of ether oxygens (including phenoxy) is 1. The molecule has 0 aromatic carbocycles. The Kier molecular flexibility index (Phi) is 3.69. The number of piperidine rings is 1. The monoisotopic (exact) mass is 238 g/mol. The average molecular weight is 238 g/mol. The standard InChI is InChI=1S/C14H26N2O/c1-17-14-7-3-2-6-13(14)16-9-11-5-4-8-15-12(11)10-16/h11-15H,2-10H2,1H3. The van der Waals surface area contributed by atoms with Crippen LogP contribution in [0.3, 0.4) is 0 Å². The lowest BCUT2D eigenvalue weighted by molar-refractivity contribution is -0.00430. The maximum atomic E-state index is 5.71. The molecule has 0 aromatic rings. The summed E-state index contributed by atoms with van der Waals surface area (Å²) in [5.41, 5.74) is 0. The maximum absolute atomic E-state index is 5.71. The zero-order valence-electron chi connectivity index (χ0n) is 11.0. The summed E-state index contributed by atoms with van der Waals surface area (Å²) in [5, 5.41) is 3.70. The highest BCUT2D eigenvalue weighted by molar-refractivity contribution is 4.96. The predicted octanol–water partition coefficient (Wildman–Crippen LogP) is 1.63. The van der Waals surface area contributed by atoms with Crippen LogP contribution in [0.2, 0.25) is 0 Å². The van der Waals surface area contributed by atoms with Gasteiger partial charge in [0.05, 0.1) is 6.10 Å². The van der Waals surface area contributed by atoms with Crippen LogP contribution in [0.4, 0.5) is 0 Å². The normalized spacial score (nSPS) is 43.6. The second-order valence-corrected chi connectivity index (χ2v) is 6.04. The van der Waals surface area contributed by atoms with Crippen molar-refractivity contribution in [3.63, 3.8) is 0 Å². The molecule has 2 aliphatic heterocycles. The van der Waals surface area contributed by atoms with Crippen molar-refractivity contribution in [2.24, 2.45) is 5.92 Å². The number of likely N-dealkylation sites (tertiary alicyclic amines) is 1. The van der Waals surface area contributed by atoms with Gasteiger partial charge in [0.1, 0.15) is 0 Å². The van der Waals surface area contributed by atoms with Crippen LogP contribution < -0.4 is 5.32 Å². The van der Waals surface area contributed by atoms with E-state index in [9.17, 15) is 0 Å². The third-order valence-corrected chi connectivity index (χ3v) is 5.07. The van der Waals surface area contributed by atoms with Crippen LogP contribution in [0, 0.1) is 5.92 Å². The molecule has 0 radical (unpaired) electrons. The van der Waals surface area contributed by atoms with Gasteiger partial charge in [-0.3, -0.25) is 4.90 Å². The topological polar surface area (TPSA) is 24.5 Å². The SMILES string of the molecule is COC1CCCCC1N1CC2CCCNC2C1. The zero-order valence-corrected chi connectivity index (χ0v) is 11.0. The van der Waals surface area contributed by atoms with Crippen LogP contribution in [-0.2, 0) is 4.74 Å². The summed E-state index contributed by atoms with van der Waals surface area (Å²) in [4.78, 5) is 2.72. The van der Waals surface area contributed by atoms with E-state index in [-0.39, 0.29) is 0 Å². The van der Waals surface area contributed by atoms with Gasteiger partial charge >= 0.3 is 0 Å². The van der Waals surface area contributed by atoms with Crippen molar-refractivity contribution in [2.45, 2.75) is 56.7 Å². The molecule has 4 unspecified atom stereocenters. The first-order chi connectivity index (χ1) is 8.38. The summed E-state index contributed by atoms with van der Waals surface area (Å²) in [6.45, 7) is 3.80. The fourth-order valence-corrected chi connectivity index (χ4v) is 4.12. The van der Waals surface area contributed by atoms with Crippen LogP contribution in [0.15, 0.2) is 0 Å². The first kappa shape index (κ1) is 11.9. The smallest absolute Gasteiger partial charge is 0.0726 e. The third-order valence-electron chi connectivity index (χ3n) is 5.07. The van der Waals surface area contributed by atoms with Crippen molar-refractivity contribution in [1.29, 1.82) is 0 Å². The predicted molar refractivity (Wildman–Crippen MR) is 69.1 cm³/mol. The van der Waals surface area contributed by atoms with E-state index in [4.69, 9.17) is 4.74 Å². The van der Waals surface area contributed by atoms with Crippen LogP contribution in [0.25, 0.3) is 0 Å². The quantitative estimate of drug-likeness (QED) is 0.791. The summed E-state index contributed by atoms with van der Waals surface area (Å²) in [5.74, 6) is 0.906. The minimum Gasteiger partial charge on any atom is -0.380 e. The molecule has 2 saturated heterocycles. The summed E-state index contributed by atoms with van der Waals surface area (Å²) >= 11 is 0. The van der Waals surface area contributed by atoms with E-state index in [2.05, 4.69) is 10.2 Å². The molecule has 0 amide bonds. The van der Waals surface area contributed by atoms with Gasteiger partial charge in [0.25, 0.3) is 0 Å². The number of hydrogen-bond donors (Lipinski definition) is 1. The van der Waals surface area contributed by atoms with Gasteiger partial charge in [-0.05, 0) is 38.1 Å². The van der Waals surface area contributed by atoms with Gasteiger partial charge in [-0.15, -0.1) is 0 Å². The Morgan fingerprint density at radius 2 is 1.94 bits per heavy atom. The van der Waals surface area contributed by atoms with Crippen molar-refractivity contribution >= 4 is 0 Å².